The van der Waals surface area contributed by atoms with Crippen LogP contribution >= 0.6 is 11.6 Å². The minimum absolute atomic E-state index is 0.314. The number of rotatable bonds is 6. The van der Waals surface area contributed by atoms with Gasteiger partial charge in [-0.1, -0.05) is 65.7 Å². The third-order valence-corrected chi connectivity index (χ3v) is 5.96. The van der Waals surface area contributed by atoms with Crippen molar-refractivity contribution in [1.29, 1.82) is 0 Å². The lowest BCUT2D eigenvalue weighted by molar-refractivity contribution is -0.120. The van der Waals surface area contributed by atoms with Crippen molar-refractivity contribution in [2.75, 3.05) is 11.4 Å². The summed E-state index contributed by atoms with van der Waals surface area (Å²) in [5, 5.41) is 0.551. The molecule has 3 aromatic rings. The summed E-state index contributed by atoms with van der Waals surface area (Å²) in [6.07, 6.45) is 0. The fraction of sp³-hybridized carbons (Fsp3) is 0.185. The molecule has 1 aliphatic heterocycles. The van der Waals surface area contributed by atoms with E-state index in [-0.39, 0.29) is 11.8 Å². The van der Waals surface area contributed by atoms with Crippen LogP contribution in [0.5, 0.6) is 0 Å². The number of benzene rings is 3. The van der Waals surface area contributed by atoms with E-state index in [9.17, 15) is 9.59 Å². The first kappa shape index (κ1) is 21.8. The molecule has 0 aromatic heterocycles. The molecule has 162 valence electrons. The molecular weight excluding hydrogens is 420 g/mol. The molecule has 4 nitrogen and oxygen atoms in total. The van der Waals surface area contributed by atoms with E-state index in [2.05, 4.69) is 0 Å². The largest absolute Gasteiger partial charge is 0.362 e. The highest BCUT2D eigenvalue weighted by molar-refractivity contribution is 6.45. The van der Waals surface area contributed by atoms with E-state index in [1.54, 1.807) is 24.3 Å². The first-order chi connectivity index (χ1) is 15.4. The van der Waals surface area contributed by atoms with Crippen molar-refractivity contribution in [3.05, 3.63) is 106 Å². The summed E-state index contributed by atoms with van der Waals surface area (Å²) in [5.74, 6) is -0.629. The standard InChI is InChI=1S/C27H25ClN2O2/c1-4-29(17-20-8-6-5-7-9-20)25-24(23-15-10-18(2)16-19(23)3)26(31)30(27(25)32)22-13-11-21(28)12-14-22/h5-16H,4,17H2,1-3H3. The molecule has 5 heteroatoms. The minimum Gasteiger partial charge on any atom is -0.362 e. The Hall–Kier alpha value is -3.37. The van der Waals surface area contributed by atoms with Crippen LogP contribution in [0.2, 0.25) is 5.02 Å². The van der Waals surface area contributed by atoms with Crippen LogP contribution in [0.1, 0.15) is 29.2 Å². The molecule has 3 aromatic carbocycles. The van der Waals surface area contributed by atoms with Crippen molar-refractivity contribution >= 4 is 34.7 Å². The predicted molar refractivity (Wildman–Crippen MR) is 129 cm³/mol. The number of nitrogens with zero attached hydrogens (tertiary/aromatic N) is 2. The number of hydrogen-bond acceptors (Lipinski definition) is 3. The highest BCUT2D eigenvalue weighted by Crippen LogP contribution is 2.37. The molecule has 0 spiro atoms. The second-order valence-corrected chi connectivity index (χ2v) is 8.40. The van der Waals surface area contributed by atoms with Crippen molar-refractivity contribution in [3.8, 4) is 0 Å². The Morgan fingerprint density at radius 3 is 2.19 bits per heavy atom. The fourth-order valence-corrected chi connectivity index (χ4v) is 4.25. The van der Waals surface area contributed by atoms with Crippen molar-refractivity contribution in [2.24, 2.45) is 0 Å². The first-order valence-corrected chi connectivity index (χ1v) is 11.0. The maximum atomic E-state index is 13.7. The van der Waals surface area contributed by atoms with Crippen molar-refractivity contribution in [1.82, 2.24) is 4.90 Å². The van der Waals surface area contributed by atoms with Crippen LogP contribution in [-0.2, 0) is 16.1 Å². The summed E-state index contributed by atoms with van der Waals surface area (Å²) in [6.45, 7) is 7.11. The Bertz CT molecular complexity index is 1200. The van der Waals surface area contributed by atoms with Gasteiger partial charge in [-0.15, -0.1) is 0 Å². The third kappa shape index (κ3) is 4.06. The van der Waals surface area contributed by atoms with Crippen molar-refractivity contribution < 1.29 is 9.59 Å². The van der Waals surface area contributed by atoms with E-state index in [4.69, 9.17) is 11.6 Å². The number of likely N-dealkylation sites (N-methyl/N-ethyl adjacent to an activating group) is 1. The van der Waals surface area contributed by atoms with E-state index in [0.717, 1.165) is 22.3 Å². The van der Waals surface area contributed by atoms with E-state index in [1.165, 1.54) is 4.90 Å². The monoisotopic (exact) mass is 444 g/mol. The summed E-state index contributed by atoms with van der Waals surface area (Å²) in [5.41, 5.74) is 5.32. The number of imide groups is 1. The number of carbonyl (C=O) groups excluding carboxylic acids is 2. The van der Waals surface area contributed by atoms with E-state index in [1.807, 2.05) is 74.2 Å². The number of amides is 2. The molecular formula is C27H25ClN2O2. The van der Waals surface area contributed by atoms with Gasteiger partial charge >= 0.3 is 0 Å². The van der Waals surface area contributed by atoms with Gasteiger partial charge in [0.25, 0.3) is 11.8 Å². The Kier molecular flexibility index (Phi) is 6.15. The number of carbonyl (C=O) groups is 2. The predicted octanol–water partition coefficient (Wildman–Crippen LogP) is 5.76. The van der Waals surface area contributed by atoms with Crippen LogP contribution in [0.3, 0.4) is 0 Å². The van der Waals surface area contributed by atoms with Gasteiger partial charge in [-0.2, -0.15) is 0 Å². The lowest BCUT2D eigenvalue weighted by Crippen LogP contribution is -2.35. The number of aryl methyl sites for hydroxylation is 2. The molecule has 4 rings (SSSR count). The molecule has 0 saturated carbocycles. The van der Waals surface area contributed by atoms with Gasteiger partial charge in [0.05, 0.1) is 11.3 Å². The summed E-state index contributed by atoms with van der Waals surface area (Å²) >= 11 is 6.04. The van der Waals surface area contributed by atoms with Gasteiger partial charge in [0.15, 0.2) is 0 Å². The summed E-state index contributed by atoms with van der Waals surface area (Å²) < 4.78 is 0. The first-order valence-electron chi connectivity index (χ1n) is 10.7. The minimum atomic E-state index is -0.315. The second kappa shape index (κ2) is 9.01. The van der Waals surface area contributed by atoms with Crippen molar-refractivity contribution in [3.63, 3.8) is 0 Å². The number of halogens is 1. The normalized spacial score (nSPS) is 13.8. The molecule has 2 amide bonds. The van der Waals surface area contributed by atoms with Crippen LogP contribution in [0.25, 0.3) is 5.57 Å². The van der Waals surface area contributed by atoms with Gasteiger partial charge in [-0.25, -0.2) is 4.90 Å². The van der Waals surface area contributed by atoms with Crippen LogP contribution < -0.4 is 4.90 Å². The highest BCUT2D eigenvalue weighted by Gasteiger charge is 2.42. The van der Waals surface area contributed by atoms with E-state index >= 15 is 0 Å². The zero-order valence-electron chi connectivity index (χ0n) is 18.4. The molecule has 0 radical (unpaired) electrons. The fourth-order valence-electron chi connectivity index (χ4n) is 4.13. The van der Waals surface area contributed by atoms with Gasteiger partial charge in [-0.3, -0.25) is 9.59 Å². The van der Waals surface area contributed by atoms with Crippen molar-refractivity contribution in [2.45, 2.75) is 27.3 Å². The highest BCUT2D eigenvalue weighted by atomic mass is 35.5. The average Bonchev–Trinajstić information content (AvgIpc) is 3.03. The molecule has 0 unspecified atom stereocenters. The van der Waals surface area contributed by atoms with Crippen LogP contribution in [0.4, 0.5) is 5.69 Å². The smallest absolute Gasteiger partial charge is 0.282 e. The Morgan fingerprint density at radius 2 is 1.56 bits per heavy atom. The average molecular weight is 445 g/mol. The molecule has 0 fully saturated rings. The third-order valence-electron chi connectivity index (χ3n) is 5.71. The molecule has 0 atom stereocenters. The van der Waals surface area contributed by atoms with E-state index < -0.39 is 0 Å². The number of hydrogen-bond donors (Lipinski definition) is 0. The van der Waals surface area contributed by atoms with Gasteiger partial charge in [0.1, 0.15) is 5.70 Å². The lowest BCUT2D eigenvalue weighted by Gasteiger charge is -2.25. The lowest BCUT2D eigenvalue weighted by atomic mass is 9.97. The Morgan fingerprint density at radius 1 is 0.875 bits per heavy atom. The number of anilines is 1. The van der Waals surface area contributed by atoms with E-state index in [0.29, 0.717) is 35.1 Å². The van der Waals surface area contributed by atoms with Gasteiger partial charge in [-0.05, 0) is 61.7 Å². The molecule has 32 heavy (non-hydrogen) atoms. The quantitative estimate of drug-likeness (QED) is 0.453. The topological polar surface area (TPSA) is 40.6 Å². The molecule has 0 aliphatic carbocycles. The Labute approximate surface area is 193 Å². The second-order valence-electron chi connectivity index (χ2n) is 7.96. The maximum absolute atomic E-state index is 13.7. The molecule has 1 heterocycles. The van der Waals surface area contributed by atoms with Crippen LogP contribution in [0.15, 0.2) is 78.5 Å². The summed E-state index contributed by atoms with van der Waals surface area (Å²) in [4.78, 5) is 30.7. The zero-order chi connectivity index (χ0) is 22.8. The Balaban J connectivity index is 1.86. The zero-order valence-corrected chi connectivity index (χ0v) is 19.2. The SMILES string of the molecule is CCN(Cc1ccccc1)C1=C(c2ccc(C)cc2C)C(=O)N(c2ccc(Cl)cc2)C1=O. The van der Waals surface area contributed by atoms with Crippen LogP contribution in [0, 0.1) is 13.8 Å². The van der Waals surface area contributed by atoms with Gasteiger partial charge < -0.3 is 4.90 Å². The van der Waals surface area contributed by atoms with Gasteiger partial charge in [0.2, 0.25) is 0 Å². The maximum Gasteiger partial charge on any atom is 0.282 e. The van der Waals surface area contributed by atoms with Crippen LogP contribution in [-0.4, -0.2) is 23.3 Å². The molecule has 1 aliphatic rings. The molecule has 0 bridgehead atoms. The molecule has 0 N–H and O–H groups in total. The van der Waals surface area contributed by atoms with Gasteiger partial charge in [0, 0.05) is 18.1 Å². The summed E-state index contributed by atoms with van der Waals surface area (Å²) in [6, 6.07) is 22.7. The summed E-state index contributed by atoms with van der Waals surface area (Å²) in [7, 11) is 0. The molecule has 0 saturated heterocycles.